The molecule has 0 saturated carbocycles. The lowest BCUT2D eigenvalue weighted by Crippen LogP contribution is -2.33. The molecule has 0 N–H and O–H groups in total. The number of nitrogens with zero attached hydrogens (tertiary/aromatic N) is 5. The van der Waals surface area contributed by atoms with E-state index in [1.165, 1.54) is 12.4 Å². The summed E-state index contributed by atoms with van der Waals surface area (Å²) in [7, 11) is -0.498. The van der Waals surface area contributed by atoms with Gasteiger partial charge in [0.15, 0.2) is 11.6 Å². The minimum atomic E-state index is -4.18. The summed E-state index contributed by atoms with van der Waals surface area (Å²) in [4.78, 5) is 10.4. The summed E-state index contributed by atoms with van der Waals surface area (Å²) in [5.41, 5.74) is 2.51. The van der Waals surface area contributed by atoms with Gasteiger partial charge in [0.25, 0.3) is 10.1 Å². The molecule has 1 aromatic carbocycles. The normalized spacial score (nSPS) is 25.3. The highest BCUT2D eigenvalue weighted by Gasteiger charge is 2.58. The van der Waals surface area contributed by atoms with E-state index in [-0.39, 0.29) is 4.90 Å². The van der Waals surface area contributed by atoms with E-state index in [1.54, 1.807) is 54.7 Å². The Morgan fingerprint density at radius 2 is 1.92 bits per heavy atom. The highest BCUT2D eigenvalue weighted by atomic mass is 35.5. The molecule has 0 amide bonds. The van der Waals surface area contributed by atoms with Crippen LogP contribution in [0, 0.1) is 13.8 Å². The second kappa shape index (κ2) is 9.29. The minimum Gasteiger partial charge on any atom is -0.369 e. The van der Waals surface area contributed by atoms with E-state index in [1.807, 2.05) is 21.0 Å². The van der Waals surface area contributed by atoms with Gasteiger partial charge >= 0.3 is 0 Å². The third-order valence-electron chi connectivity index (χ3n) is 6.05. The van der Waals surface area contributed by atoms with Crippen LogP contribution in [0.15, 0.2) is 40.5 Å². The summed E-state index contributed by atoms with van der Waals surface area (Å²) in [6, 6.07) is 6.69. The molecule has 2 aromatic heterocycles. The molecule has 2 aliphatic rings. The lowest BCUT2D eigenvalue weighted by Gasteiger charge is -2.24. The molecular formula is C24H28ClN5O6S. The van der Waals surface area contributed by atoms with Gasteiger partial charge in [0, 0.05) is 14.1 Å². The van der Waals surface area contributed by atoms with Gasteiger partial charge in [-0.3, -0.25) is 0 Å². The third-order valence-corrected chi connectivity index (χ3v) is 7.78. The Morgan fingerprint density at radius 1 is 1.19 bits per heavy atom. The number of aliphatic imine (C=N–C) groups is 1. The second-order valence-electron chi connectivity index (χ2n) is 9.78. The molecule has 11 nitrogen and oxygen atoms in total. The number of fused-ring (bicyclic) bond motifs is 2. The van der Waals surface area contributed by atoms with Crippen LogP contribution in [0.3, 0.4) is 0 Å². The first-order valence-electron chi connectivity index (χ1n) is 11.6. The van der Waals surface area contributed by atoms with E-state index in [4.69, 9.17) is 30.0 Å². The van der Waals surface area contributed by atoms with Gasteiger partial charge < -0.3 is 19.1 Å². The molecule has 3 aromatic rings. The highest BCUT2D eigenvalue weighted by Crippen LogP contribution is 2.47. The Labute approximate surface area is 220 Å². The summed E-state index contributed by atoms with van der Waals surface area (Å²) in [5.74, 6) is -0.626. The molecule has 2 aliphatic heterocycles. The minimum absolute atomic E-state index is 0.0622. The first kappa shape index (κ1) is 26.0. The van der Waals surface area contributed by atoms with Gasteiger partial charge in [0.2, 0.25) is 6.29 Å². The number of ether oxygens (including phenoxy) is 3. The molecule has 0 spiro atoms. The number of hydrogen-bond acceptors (Lipinski definition) is 9. The van der Waals surface area contributed by atoms with E-state index in [2.05, 4.69) is 15.1 Å². The SMILES string of the molecule is Cc1ccc(S(=O)(=O)O[C@H]2O[C@@H](c3cc(Cl)c4c(N=CN(C)C)ncnn34)[C@@H]3OC(C)(C)O[C@@H]23)c(C)c1. The topological polar surface area (TPSA) is 117 Å². The lowest BCUT2D eigenvalue weighted by molar-refractivity contribution is -0.214. The van der Waals surface area contributed by atoms with Gasteiger partial charge in [-0.05, 0) is 45.4 Å². The Balaban J connectivity index is 1.52. The van der Waals surface area contributed by atoms with Crippen LogP contribution in [0.5, 0.6) is 0 Å². The maximum atomic E-state index is 13.2. The molecule has 0 radical (unpaired) electrons. The van der Waals surface area contributed by atoms with Crippen LogP contribution in [0.2, 0.25) is 5.02 Å². The van der Waals surface area contributed by atoms with Crippen LogP contribution >= 0.6 is 11.6 Å². The summed E-state index contributed by atoms with van der Waals surface area (Å²) >= 11 is 6.59. The predicted octanol–water partition coefficient (Wildman–Crippen LogP) is 3.54. The van der Waals surface area contributed by atoms with Crippen molar-refractivity contribution >= 4 is 39.4 Å². The Hall–Kier alpha value is -2.61. The number of benzene rings is 1. The third kappa shape index (κ3) is 4.85. The quantitative estimate of drug-likeness (QED) is 0.258. The summed E-state index contributed by atoms with van der Waals surface area (Å²) in [6.45, 7) is 7.10. The molecule has 37 heavy (non-hydrogen) atoms. The van der Waals surface area contributed by atoms with Crippen molar-refractivity contribution in [3.8, 4) is 0 Å². The monoisotopic (exact) mass is 549 g/mol. The van der Waals surface area contributed by atoms with Crippen LogP contribution in [-0.2, 0) is 28.5 Å². The molecule has 198 valence electrons. The summed E-state index contributed by atoms with van der Waals surface area (Å²) in [6.07, 6.45) is -0.612. The second-order valence-corrected chi connectivity index (χ2v) is 11.7. The molecule has 4 atom stereocenters. The average Bonchev–Trinajstić information content (AvgIpc) is 3.41. The van der Waals surface area contributed by atoms with Crippen LogP contribution in [0.25, 0.3) is 5.52 Å². The van der Waals surface area contributed by atoms with Crippen molar-refractivity contribution in [1.82, 2.24) is 19.5 Å². The number of hydrogen-bond donors (Lipinski definition) is 0. The summed E-state index contributed by atoms with van der Waals surface area (Å²) < 4.78 is 52.0. The Kier molecular flexibility index (Phi) is 6.54. The smallest absolute Gasteiger partial charge is 0.299 e. The van der Waals surface area contributed by atoms with Gasteiger partial charge in [-0.2, -0.15) is 13.5 Å². The molecule has 5 rings (SSSR count). The molecule has 4 heterocycles. The van der Waals surface area contributed by atoms with Crippen LogP contribution in [0.1, 0.15) is 36.8 Å². The van der Waals surface area contributed by atoms with E-state index in [0.29, 0.717) is 27.6 Å². The Bertz CT molecular complexity index is 1490. The average molecular weight is 550 g/mol. The van der Waals surface area contributed by atoms with Crippen molar-refractivity contribution in [2.24, 2.45) is 4.99 Å². The number of aryl methyl sites for hydroxylation is 2. The van der Waals surface area contributed by atoms with Crippen molar-refractivity contribution in [3.63, 3.8) is 0 Å². The largest absolute Gasteiger partial charge is 0.369 e. The first-order valence-corrected chi connectivity index (χ1v) is 13.4. The molecule has 0 unspecified atom stereocenters. The van der Waals surface area contributed by atoms with E-state index < -0.39 is 40.5 Å². The number of aromatic nitrogens is 3. The molecule has 2 saturated heterocycles. The van der Waals surface area contributed by atoms with Gasteiger partial charge in [0.05, 0.1) is 22.0 Å². The van der Waals surface area contributed by atoms with Crippen molar-refractivity contribution in [1.29, 1.82) is 0 Å². The van der Waals surface area contributed by atoms with Crippen molar-refractivity contribution in [3.05, 3.63) is 52.4 Å². The van der Waals surface area contributed by atoms with Gasteiger partial charge in [-0.15, -0.1) is 0 Å². The molecule has 2 fully saturated rings. The maximum Gasteiger partial charge on any atom is 0.299 e. The standard InChI is InChI=1S/C24H28ClN5O6S/c1-13-7-8-17(14(2)9-13)37(31,32)36-23-21-20(34-24(3,4)35-21)19(33-23)16-10-15(25)18-22(27-12-29(5)6)26-11-28-30(16)18/h7-12,19-21,23H,1-6H3/t19-,20-,21+,23+/m0/s1. The molecule has 13 heteroatoms. The van der Waals surface area contributed by atoms with Crippen molar-refractivity contribution in [2.75, 3.05) is 14.1 Å². The van der Waals surface area contributed by atoms with Gasteiger partial charge in [-0.25, -0.2) is 18.7 Å². The number of halogens is 1. The van der Waals surface area contributed by atoms with Crippen LogP contribution < -0.4 is 0 Å². The first-order chi connectivity index (χ1) is 17.4. The predicted molar refractivity (Wildman–Crippen MR) is 135 cm³/mol. The fourth-order valence-corrected chi connectivity index (χ4v) is 6.08. The zero-order chi connectivity index (χ0) is 26.7. The molecule has 0 aliphatic carbocycles. The van der Waals surface area contributed by atoms with E-state index in [0.717, 1.165) is 5.56 Å². The zero-order valence-corrected chi connectivity index (χ0v) is 22.8. The van der Waals surface area contributed by atoms with Crippen LogP contribution in [0.4, 0.5) is 5.82 Å². The maximum absolute atomic E-state index is 13.2. The lowest BCUT2D eigenvalue weighted by atomic mass is 10.1. The fraction of sp³-hybridized carbons (Fsp3) is 0.458. The molecule has 0 bridgehead atoms. The fourth-order valence-electron chi connectivity index (χ4n) is 4.61. The zero-order valence-electron chi connectivity index (χ0n) is 21.2. The van der Waals surface area contributed by atoms with Crippen LogP contribution in [-0.4, -0.2) is 72.6 Å². The number of rotatable bonds is 6. The van der Waals surface area contributed by atoms with E-state index in [9.17, 15) is 8.42 Å². The van der Waals surface area contributed by atoms with Gasteiger partial charge in [-0.1, -0.05) is 29.3 Å². The summed E-state index contributed by atoms with van der Waals surface area (Å²) in [5, 5.41) is 4.70. The molecular weight excluding hydrogens is 522 g/mol. The van der Waals surface area contributed by atoms with Crippen molar-refractivity contribution < 1.29 is 26.8 Å². The van der Waals surface area contributed by atoms with Gasteiger partial charge in [0.1, 0.15) is 30.2 Å². The Morgan fingerprint density at radius 3 is 2.62 bits per heavy atom. The highest BCUT2D eigenvalue weighted by molar-refractivity contribution is 7.86. The van der Waals surface area contributed by atoms with E-state index >= 15 is 0 Å². The van der Waals surface area contributed by atoms with Crippen molar-refractivity contribution in [2.45, 2.75) is 63.0 Å².